The Bertz CT molecular complexity index is 1250. The van der Waals surface area contributed by atoms with Gasteiger partial charge in [-0.2, -0.15) is 5.10 Å². The van der Waals surface area contributed by atoms with Crippen LogP contribution in [-0.4, -0.2) is 46.5 Å². The maximum absolute atomic E-state index is 14.7. The predicted molar refractivity (Wildman–Crippen MR) is 117 cm³/mol. The van der Waals surface area contributed by atoms with E-state index in [1.54, 1.807) is 19.3 Å². The molecule has 1 fully saturated rings. The second-order valence-electron chi connectivity index (χ2n) is 7.89. The number of hydrogen-bond acceptors (Lipinski definition) is 5. The third kappa shape index (κ3) is 3.69. The molecule has 4 heterocycles. The first kappa shape index (κ1) is 20.4. The van der Waals surface area contributed by atoms with Gasteiger partial charge in [0.15, 0.2) is 0 Å². The molecule has 32 heavy (non-hydrogen) atoms. The van der Waals surface area contributed by atoms with Crippen molar-refractivity contribution < 1.29 is 13.2 Å². The van der Waals surface area contributed by atoms with Gasteiger partial charge in [0.1, 0.15) is 23.5 Å². The Balaban J connectivity index is 1.51. The number of nitrogens with one attached hydrogen (secondary N) is 2. The molecule has 0 amide bonds. The van der Waals surface area contributed by atoms with Gasteiger partial charge in [0, 0.05) is 25.0 Å². The fourth-order valence-corrected chi connectivity index (χ4v) is 4.09. The van der Waals surface area contributed by atoms with Gasteiger partial charge in [-0.05, 0) is 49.4 Å². The molecule has 1 aliphatic heterocycles. The summed E-state index contributed by atoms with van der Waals surface area (Å²) in [4.78, 5) is 10.7. The number of hydrogen-bond donors (Lipinski definition) is 2. The lowest BCUT2D eigenvalue weighted by Gasteiger charge is -2.16. The normalized spacial score (nSPS) is 16.2. The van der Waals surface area contributed by atoms with Crippen LogP contribution in [0.25, 0.3) is 33.5 Å². The number of fused-ring (bicyclic) bond motifs is 1. The quantitative estimate of drug-likeness (QED) is 0.488. The van der Waals surface area contributed by atoms with Crippen LogP contribution in [0.2, 0.25) is 0 Å². The van der Waals surface area contributed by atoms with Crippen LogP contribution < -0.4 is 10.2 Å². The molecule has 6 nitrogen and oxygen atoms in total. The van der Waals surface area contributed by atoms with Crippen LogP contribution in [-0.2, 0) is 6.54 Å². The van der Waals surface area contributed by atoms with Crippen LogP contribution in [0.1, 0.15) is 12.0 Å². The molecule has 9 heteroatoms. The average molecular weight is 438 g/mol. The summed E-state index contributed by atoms with van der Waals surface area (Å²) in [6.45, 7) is 1.38. The van der Waals surface area contributed by atoms with E-state index < -0.39 is 17.8 Å². The van der Waals surface area contributed by atoms with Gasteiger partial charge in [-0.15, -0.1) is 0 Å². The van der Waals surface area contributed by atoms with E-state index in [9.17, 15) is 13.2 Å². The number of rotatable bonds is 5. The van der Waals surface area contributed by atoms with Crippen molar-refractivity contribution in [3.05, 3.63) is 59.9 Å². The molecule has 1 saturated heterocycles. The SMILES string of the molecule is CNCc1cc(F)c(-c2cc3c(-c4ccc(N5CCC(F)C5)cn4)n[nH]c3cn2)c(F)c1. The van der Waals surface area contributed by atoms with Gasteiger partial charge >= 0.3 is 0 Å². The van der Waals surface area contributed by atoms with E-state index in [4.69, 9.17) is 0 Å². The fourth-order valence-electron chi connectivity index (χ4n) is 4.09. The highest BCUT2D eigenvalue weighted by atomic mass is 19.1. The number of benzene rings is 1. The van der Waals surface area contributed by atoms with Crippen molar-refractivity contribution in [3.63, 3.8) is 0 Å². The summed E-state index contributed by atoms with van der Waals surface area (Å²) in [5, 5.41) is 10.7. The lowest BCUT2D eigenvalue weighted by atomic mass is 10.0. The van der Waals surface area contributed by atoms with Crippen LogP contribution in [0.15, 0.2) is 42.7 Å². The van der Waals surface area contributed by atoms with E-state index in [-0.39, 0.29) is 11.3 Å². The molecular weight excluding hydrogens is 417 g/mol. The van der Waals surface area contributed by atoms with Gasteiger partial charge in [-0.25, -0.2) is 13.2 Å². The molecule has 0 bridgehead atoms. The number of nitrogens with zero attached hydrogens (tertiary/aromatic N) is 4. The standard InChI is InChI=1S/C23H21F3N6/c1-27-9-13-6-17(25)22(18(26)7-13)20-8-16-21(11-29-20)30-31-23(16)19-3-2-15(10-28-19)32-5-4-14(24)12-32/h2-3,6-8,10-11,14,27H,4-5,9,12H2,1H3,(H,30,31). The molecule has 1 aromatic carbocycles. The molecule has 3 aromatic heterocycles. The highest BCUT2D eigenvalue weighted by Gasteiger charge is 2.22. The molecular formula is C23H21F3N6. The molecule has 4 aromatic rings. The summed E-state index contributed by atoms with van der Waals surface area (Å²) in [5.41, 5.74) is 3.12. The van der Waals surface area contributed by atoms with E-state index in [0.29, 0.717) is 53.9 Å². The number of anilines is 1. The minimum atomic E-state index is -0.816. The van der Waals surface area contributed by atoms with E-state index in [1.165, 1.54) is 18.3 Å². The topological polar surface area (TPSA) is 69.7 Å². The van der Waals surface area contributed by atoms with Crippen molar-refractivity contribution in [2.24, 2.45) is 0 Å². The molecule has 1 aliphatic rings. The van der Waals surface area contributed by atoms with Gasteiger partial charge in [0.05, 0.1) is 40.5 Å². The summed E-state index contributed by atoms with van der Waals surface area (Å²) in [6.07, 6.45) is 2.89. The maximum atomic E-state index is 14.7. The second-order valence-corrected chi connectivity index (χ2v) is 7.89. The first-order chi connectivity index (χ1) is 15.5. The number of aromatic nitrogens is 4. The van der Waals surface area contributed by atoms with Crippen LogP contribution in [0.3, 0.4) is 0 Å². The Morgan fingerprint density at radius 2 is 1.88 bits per heavy atom. The van der Waals surface area contributed by atoms with Gasteiger partial charge in [0.2, 0.25) is 0 Å². The Labute approximate surface area is 182 Å². The highest BCUT2D eigenvalue weighted by molar-refractivity contribution is 5.93. The minimum absolute atomic E-state index is 0.175. The summed E-state index contributed by atoms with van der Waals surface area (Å²) in [7, 11) is 1.71. The molecule has 0 saturated carbocycles. The molecule has 1 atom stereocenters. The van der Waals surface area contributed by atoms with Crippen LogP contribution in [0.4, 0.5) is 18.9 Å². The second kappa shape index (κ2) is 8.23. The Kier molecular flexibility index (Phi) is 5.26. The van der Waals surface area contributed by atoms with E-state index >= 15 is 0 Å². The number of aromatic amines is 1. The van der Waals surface area contributed by atoms with Crippen LogP contribution in [0, 0.1) is 11.6 Å². The van der Waals surface area contributed by atoms with Gasteiger partial charge < -0.3 is 10.2 Å². The third-order valence-corrected chi connectivity index (χ3v) is 5.67. The molecule has 0 spiro atoms. The first-order valence-corrected chi connectivity index (χ1v) is 10.4. The van der Waals surface area contributed by atoms with E-state index in [1.807, 2.05) is 17.0 Å². The highest BCUT2D eigenvalue weighted by Crippen LogP contribution is 2.32. The number of pyridine rings is 2. The molecule has 164 valence electrons. The zero-order chi connectivity index (χ0) is 22.2. The summed E-state index contributed by atoms with van der Waals surface area (Å²) in [5.74, 6) is -1.35. The Morgan fingerprint density at radius 3 is 2.53 bits per heavy atom. The van der Waals surface area contributed by atoms with Crippen LogP contribution in [0.5, 0.6) is 0 Å². The molecule has 1 unspecified atom stereocenters. The summed E-state index contributed by atoms with van der Waals surface area (Å²) >= 11 is 0. The number of halogens is 3. The fraction of sp³-hybridized carbons (Fsp3) is 0.261. The van der Waals surface area contributed by atoms with Gasteiger partial charge in [0.25, 0.3) is 0 Å². The zero-order valence-corrected chi connectivity index (χ0v) is 17.4. The van der Waals surface area contributed by atoms with Crippen molar-refractivity contribution in [2.75, 3.05) is 25.0 Å². The van der Waals surface area contributed by atoms with Crippen molar-refractivity contribution >= 4 is 16.6 Å². The first-order valence-electron chi connectivity index (χ1n) is 10.4. The molecule has 2 N–H and O–H groups in total. The zero-order valence-electron chi connectivity index (χ0n) is 17.4. The summed E-state index contributed by atoms with van der Waals surface area (Å²) in [6, 6.07) is 7.90. The average Bonchev–Trinajstić information content (AvgIpc) is 3.40. The lowest BCUT2D eigenvalue weighted by Crippen LogP contribution is -2.19. The van der Waals surface area contributed by atoms with Gasteiger partial charge in [-0.1, -0.05) is 0 Å². The van der Waals surface area contributed by atoms with E-state index in [0.717, 1.165) is 5.69 Å². The van der Waals surface area contributed by atoms with Crippen molar-refractivity contribution in [3.8, 4) is 22.6 Å². The largest absolute Gasteiger partial charge is 0.367 e. The lowest BCUT2D eigenvalue weighted by molar-refractivity contribution is 0.364. The molecule has 0 aliphatic carbocycles. The van der Waals surface area contributed by atoms with E-state index in [2.05, 4.69) is 25.5 Å². The predicted octanol–water partition coefficient (Wildman–Crippen LogP) is 4.23. The number of alkyl halides is 1. The van der Waals surface area contributed by atoms with Crippen molar-refractivity contribution in [1.82, 2.24) is 25.5 Å². The monoisotopic (exact) mass is 438 g/mol. The maximum Gasteiger partial charge on any atom is 0.135 e. The third-order valence-electron chi connectivity index (χ3n) is 5.67. The summed E-state index contributed by atoms with van der Waals surface area (Å²) < 4.78 is 42.9. The molecule has 5 rings (SSSR count). The van der Waals surface area contributed by atoms with Gasteiger partial charge in [-0.3, -0.25) is 15.1 Å². The number of H-pyrrole nitrogens is 1. The van der Waals surface area contributed by atoms with Crippen molar-refractivity contribution in [1.29, 1.82) is 0 Å². The Morgan fingerprint density at radius 1 is 1.09 bits per heavy atom. The smallest absolute Gasteiger partial charge is 0.135 e. The van der Waals surface area contributed by atoms with Crippen LogP contribution >= 0.6 is 0 Å². The Hall–Kier alpha value is -3.46. The van der Waals surface area contributed by atoms with Crippen molar-refractivity contribution in [2.45, 2.75) is 19.1 Å². The minimum Gasteiger partial charge on any atom is -0.367 e. The molecule has 0 radical (unpaired) electrons.